The highest BCUT2D eigenvalue weighted by Crippen LogP contribution is 2.27. The summed E-state index contributed by atoms with van der Waals surface area (Å²) in [7, 11) is 0. The van der Waals surface area contributed by atoms with Crippen molar-refractivity contribution in [2.24, 2.45) is 0 Å². The Labute approximate surface area is 137 Å². The van der Waals surface area contributed by atoms with Gasteiger partial charge in [0.05, 0.1) is 11.7 Å². The fourth-order valence-corrected chi connectivity index (χ4v) is 3.40. The van der Waals surface area contributed by atoms with Crippen molar-refractivity contribution in [3.05, 3.63) is 11.8 Å². The van der Waals surface area contributed by atoms with Crippen LogP contribution in [0.15, 0.2) is 11.1 Å². The predicted molar refractivity (Wildman–Crippen MR) is 86.3 cm³/mol. The van der Waals surface area contributed by atoms with Crippen LogP contribution in [-0.2, 0) is 9.59 Å². The standard InChI is InChI=1S/C11H17N3S2.C2H2O4/c1-2-3-7-15-11-10(13-16-14-11)9-5-4-6-12-8-9;3-1(4)2(5)6/h5,12H,2-4,6-8H2,1H3;(H,3,4)(H,5,6). The van der Waals surface area contributed by atoms with E-state index in [2.05, 4.69) is 27.1 Å². The van der Waals surface area contributed by atoms with Gasteiger partial charge < -0.3 is 15.5 Å². The second-order valence-electron chi connectivity index (χ2n) is 4.43. The SMILES string of the molecule is CCCCSc1nsnc1C1=CCCNC1.O=C(O)C(=O)O. The molecule has 1 aliphatic heterocycles. The maximum absolute atomic E-state index is 9.10. The number of rotatable bonds is 5. The Kier molecular flexibility index (Phi) is 8.71. The largest absolute Gasteiger partial charge is 0.473 e. The molecule has 0 radical (unpaired) electrons. The second-order valence-corrected chi connectivity index (χ2v) is 6.04. The molecule has 1 aliphatic rings. The van der Waals surface area contributed by atoms with Gasteiger partial charge in [0.15, 0.2) is 0 Å². The molecular weight excluding hydrogens is 326 g/mol. The Morgan fingerprint density at radius 2 is 2.09 bits per heavy atom. The van der Waals surface area contributed by atoms with Gasteiger partial charge in [0.25, 0.3) is 0 Å². The number of unbranched alkanes of at least 4 members (excludes halogenated alkanes) is 1. The van der Waals surface area contributed by atoms with Gasteiger partial charge in [0.1, 0.15) is 10.7 Å². The van der Waals surface area contributed by atoms with Crippen molar-refractivity contribution in [2.75, 3.05) is 18.8 Å². The number of hydrogen-bond acceptors (Lipinski definition) is 7. The third-order valence-electron chi connectivity index (χ3n) is 2.71. The molecule has 7 nitrogen and oxygen atoms in total. The normalized spacial score (nSPS) is 13.8. The Hall–Kier alpha value is -1.45. The van der Waals surface area contributed by atoms with Gasteiger partial charge in [-0.3, -0.25) is 0 Å². The first-order valence-corrected chi connectivity index (χ1v) is 8.59. The molecule has 122 valence electrons. The van der Waals surface area contributed by atoms with E-state index in [1.54, 1.807) is 0 Å². The minimum Gasteiger partial charge on any atom is -0.473 e. The lowest BCUT2D eigenvalue weighted by molar-refractivity contribution is -0.159. The van der Waals surface area contributed by atoms with Gasteiger partial charge in [-0.05, 0) is 30.7 Å². The van der Waals surface area contributed by atoms with Gasteiger partial charge in [-0.1, -0.05) is 19.4 Å². The smallest absolute Gasteiger partial charge is 0.414 e. The topological polar surface area (TPSA) is 112 Å². The highest BCUT2D eigenvalue weighted by Gasteiger charge is 2.14. The van der Waals surface area contributed by atoms with Crippen LogP contribution < -0.4 is 5.32 Å². The molecule has 0 spiro atoms. The minimum absolute atomic E-state index is 0.937. The summed E-state index contributed by atoms with van der Waals surface area (Å²) in [5.41, 5.74) is 2.43. The second kappa shape index (κ2) is 10.3. The molecule has 0 saturated carbocycles. The van der Waals surface area contributed by atoms with Gasteiger partial charge in [-0.25, -0.2) is 9.59 Å². The van der Waals surface area contributed by atoms with E-state index in [1.165, 1.54) is 30.1 Å². The predicted octanol–water partition coefficient (Wildman–Crippen LogP) is 1.96. The number of aliphatic carboxylic acids is 2. The van der Waals surface area contributed by atoms with Crippen molar-refractivity contribution in [1.82, 2.24) is 14.1 Å². The number of carbonyl (C=O) groups is 2. The summed E-state index contributed by atoms with van der Waals surface area (Å²) in [4.78, 5) is 18.2. The summed E-state index contributed by atoms with van der Waals surface area (Å²) in [6.07, 6.45) is 5.88. The van der Waals surface area contributed by atoms with E-state index in [0.717, 1.165) is 36.0 Å². The molecule has 3 N–H and O–H groups in total. The van der Waals surface area contributed by atoms with Crippen molar-refractivity contribution >= 4 is 41.0 Å². The average molecular weight is 345 g/mol. The molecule has 0 saturated heterocycles. The molecule has 22 heavy (non-hydrogen) atoms. The maximum Gasteiger partial charge on any atom is 0.414 e. The van der Waals surface area contributed by atoms with Crippen molar-refractivity contribution in [2.45, 2.75) is 31.2 Å². The van der Waals surface area contributed by atoms with E-state index >= 15 is 0 Å². The Morgan fingerprint density at radius 1 is 1.36 bits per heavy atom. The summed E-state index contributed by atoms with van der Waals surface area (Å²) in [6.45, 7) is 4.24. The van der Waals surface area contributed by atoms with Crippen LogP contribution in [-0.4, -0.2) is 49.7 Å². The van der Waals surface area contributed by atoms with E-state index in [0.29, 0.717) is 0 Å². The zero-order valence-electron chi connectivity index (χ0n) is 12.2. The summed E-state index contributed by atoms with van der Waals surface area (Å²) < 4.78 is 8.81. The Bertz CT molecular complexity index is 519. The van der Waals surface area contributed by atoms with Crippen molar-refractivity contribution in [3.63, 3.8) is 0 Å². The summed E-state index contributed by atoms with van der Waals surface area (Å²) >= 11 is 3.17. The molecular formula is C13H19N3O4S2. The van der Waals surface area contributed by atoms with Crippen LogP contribution in [0, 0.1) is 0 Å². The quantitative estimate of drug-likeness (QED) is 0.422. The van der Waals surface area contributed by atoms with Crippen LogP contribution in [0.1, 0.15) is 31.9 Å². The molecule has 0 bridgehead atoms. The lowest BCUT2D eigenvalue weighted by atomic mass is 10.1. The number of nitrogens with one attached hydrogen (secondary N) is 1. The number of thioether (sulfide) groups is 1. The number of aromatic nitrogens is 2. The van der Waals surface area contributed by atoms with E-state index in [1.807, 2.05) is 11.8 Å². The van der Waals surface area contributed by atoms with Crippen molar-refractivity contribution in [1.29, 1.82) is 0 Å². The van der Waals surface area contributed by atoms with Crippen LogP contribution in [0.3, 0.4) is 0 Å². The number of hydrogen-bond donors (Lipinski definition) is 3. The van der Waals surface area contributed by atoms with Crippen molar-refractivity contribution < 1.29 is 19.8 Å². The Morgan fingerprint density at radius 3 is 2.64 bits per heavy atom. The third-order valence-corrected chi connectivity index (χ3v) is 4.40. The molecule has 0 aliphatic carbocycles. The van der Waals surface area contributed by atoms with Crippen LogP contribution in [0.2, 0.25) is 0 Å². The molecule has 1 aromatic rings. The molecule has 1 aromatic heterocycles. The summed E-state index contributed by atoms with van der Waals surface area (Å²) in [6, 6.07) is 0. The zero-order chi connectivity index (χ0) is 16.4. The fourth-order valence-electron chi connectivity index (χ4n) is 1.61. The first-order chi connectivity index (χ1) is 10.6. The number of carboxylic acids is 2. The molecule has 9 heteroatoms. The van der Waals surface area contributed by atoms with E-state index in [-0.39, 0.29) is 0 Å². The van der Waals surface area contributed by atoms with E-state index in [9.17, 15) is 0 Å². The molecule has 2 heterocycles. The van der Waals surface area contributed by atoms with Gasteiger partial charge >= 0.3 is 11.9 Å². The fraction of sp³-hybridized carbons (Fsp3) is 0.538. The molecule has 0 fully saturated rings. The first kappa shape index (κ1) is 18.6. The molecule has 0 amide bonds. The number of carboxylic acid groups (broad SMARTS) is 2. The summed E-state index contributed by atoms with van der Waals surface area (Å²) in [5.74, 6) is -2.50. The molecule has 0 atom stereocenters. The van der Waals surface area contributed by atoms with Crippen LogP contribution >= 0.6 is 23.5 Å². The monoisotopic (exact) mass is 345 g/mol. The van der Waals surface area contributed by atoms with E-state index < -0.39 is 11.9 Å². The van der Waals surface area contributed by atoms with Crippen LogP contribution in [0.25, 0.3) is 5.57 Å². The van der Waals surface area contributed by atoms with Gasteiger partial charge in [-0.15, -0.1) is 11.8 Å². The molecule has 2 rings (SSSR count). The van der Waals surface area contributed by atoms with Gasteiger partial charge in [-0.2, -0.15) is 8.75 Å². The average Bonchev–Trinajstić information content (AvgIpc) is 2.97. The highest BCUT2D eigenvalue weighted by molar-refractivity contribution is 7.99. The van der Waals surface area contributed by atoms with Gasteiger partial charge in [0.2, 0.25) is 0 Å². The van der Waals surface area contributed by atoms with Crippen molar-refractivity contribution in [3.8, 4) is 0 Å². The Balaban J connectivity index is 0.000000346. The lowest BCUT2D eigenvalue weighted by Crippen LogP contribution is -2.21. The van der Waals surface area contributed by atoms with E-state index in [4.69, 9.17) is 19.8 Å². The minimum atomic E-state index is -1.82. The van der Waals surface area contributed by atoms with Crippen LogP contribution in [0.5, 0.6) is 0 Å². The summed E-state index contributed by atoms with van der Waals surface area (Å²) in [5, 5.41) is 19.3. The molecule has 0 aromatic carbocycles. The maximum atomic E-state index is 9.10. The zero-order valence-corrected chi connectivity index (χ0v) is 13.9. The first-order valence-electron chi connectivity index (χ1n) is 6.88. The number of nitrogens with zero attached hydrogens (tertiary/aromatic N) is 2. The van der Waals surface area contributed by atoms with Crippen LogP contribution in [0.4, 0.5) is 0 Å². The lowest BCUT2D eigenvalue weighted by Gasteiger charge is -2.12. The molecule has 0 unspecified atom stereocenters. The highest BCUT2D eigenvalue weighted by atomic mass is 32.2. The third kappa shape index (κ3) is 6.54. The van der Waals surface area contributed by atoms with Gasteiger partial charge in [0, 0.05) is 6.54 Å².